The summed E-state index contributed by atoms with van der Waals surface area (Å²) in [5.41, 5.74) is 3.37. The summed E-state index contributed by atoms with van der Waals surface area (Å²) in [5.74, 6) is -1.03. The fourth-order valence-electron chi connectivity index (χ4n) is 2.82. The molecule has 0 aromatic heterocycles. The van der Waals surface area contributed by atoms with E-state index in [1.165, 1.54) is 48.7 Å². The molecule has 0 heterocycles. The number of nitrogens with zero attached hydrogens (tertiary/aromatic N) is 2. The molecular formula is C23H19FN4O5. The lowest BCUT2D eigenvalue weighted by Gasteiger charge is -2.09. The van der Waals surface area contributed by atoms with Crippen molar-refractivity contribution in [1.82, 2.24) is 5.43 Å². The van der Waals surface area contributed by atoms with Crippen molar-refractivity contribution in [2.24, 2.45) is 5.10 Å². The van der Waals surface area contributed by atoms with Crippen molar-refractivity contribution in [2.45, 2.75) is 6.42 Å². The molecule has 3 aromatic carbocycles. The van der Waals surface area contributed by atoms with Gasteiger partial charge in [0.1, 0.15) is 11.6 Å². The first-order chi connectivity index (χ1) is 15.9. The van der Waals surface area contributed by atoms with Gasteiger partial charge < -0.3 is 10.1 Å². The van der Waals surface area contributed by atoms with Crippen LogP contribution < -0.4 is 15.5 Å². The number of nitrogens with one attached hydrogen (secondary N) is 2. The van der Waals surface area contributed by atoms with Gasteiger partial charge in [0.2, 0.25) is 5.91 Å². The van der Waals surface area contributed by atoms with Crippen LogP contribution in [0, 0.1) is 15.9 Å². The number of hydrogen-bond donors (Lipinski definition) is 2. The molecule has 168 valence electrons. The largest absolute Gasteiger partial charge is 0.483 e. The molecule has 2 amide bonds. The number of nitro benzene ring substituents is 1. The van der Waals surface area contributed by atoms with Gasteiger partial charge in [0.15, 0.2) is 6.61 Å². The zero-order valence-corrected chi connectivity index (χ0v) is 17.2. The highest BCUT2D eigenvalue weighted by atomic mass is 19.1. The van der Waals surface area contributed by atoms with Gasteiger partial charge >= 0.3 is 0 Å². The minimum Gasteiger partial charge on any atom is -0.483 e. The summed E-state index contributed by atoms with van der Waals surface area (Å²) in [6.45, 7) is -0.299. The molecule has 0 aliphatic rings. The van der Waals surface area contributed by atoms with Crippen LogP contribution in [-0.4, -0.2) is 29.6 Å². The Morgan fingerprint density at radius 3 is 2.45 bits per heavy atom. The highest BCUT2D eigenvalue weighted by Gasteiger charge is 2.15. The van der Waals surface area contributed by atoms with Gasteiger partial charge in [-0.15, -0.1) is 0 Å². The number of hydrazone groups is 1. The predicted octanol–water partition coefficient (Wildman–Crippen LogP) is 3.44. The molecule has 0 unspecified atom stereocenters. The Kier molecular flexibility index (Phi) is 7.79. The number of carbonyl (C=O) groups excluding carboxylic acids is 2. The normalized spacial score (nSPS) is 10.6. The molecule has 3 aromatic rings. The Balaban J connectivity index is 1.55. The molecule has 0 fully saturated rings. The van der Waals surface area contributed by atoms with E-state index in [4.69, 9.17) is 4.74 Å². The number of rotatable bonds is 9. The Morgan fingerprint density at radius 1 is 1.00 bits per heavy atom. The molecular weight excluding hydrogens is 431 g/mol. The maximum absolute atomic E-state index is 12.9. The van der Waals surface area contributed by atoms with Gasteiger partial charge in [0, 0.05) is 22.9 Å². The molecule has 0 spiro atoms. The van der Waals surface area contributed by atoms with Crippen molar-refractivity contribution in [2.75, 3.05) is 11.9 Å². The number of benzene rings is 3. The maximum Gasteiger partial charge on any atom is 0.273 e. The van der Waals surface area contributed by atoms with Crippen LogP contribution in [0.1, 0.15) is 11.1 Å². The Hall–Kier alpha value is -4.60. The molecule has 0 aliphatic heterocycles. The number of para-hydroxylation sites is 2. The quantitative estimate of drug-likeness (QED) is 0.294. The molecule has 33 heavy (non-hydrogen) atoms. The van der Waals surface area contributed by atoms with Crippen LogP contribution in [0.3, 0.4) is 0 Å². The second-order valence-corrected chi connectivity index (χ2v) is 6.74. The average molecular weight is 450 g/mol. The topological polar surface area (TPSA) is 123 Å². The number of carbonyl (C=O) groups is 2. The van der Waals surface area contributed by atoms with Crippen LogP contribution in [-0.2, 0) is 16.0 Å². The van der Waals surface area contributed by atoms with E-state index < -0.39 is 22.6 Å². The monoisotopic (exact) mass is 450 g/mol. The number of hydrogen-bond acceptors (Lipinski definition) is 6. The molecule has 0 saturated carbocycles. The summed E-state index contributed by atoms with van der Waals surface area (Å²) in [6, 6.07) is 18.0. The molecule has 0 saturated heterocycles. The first kappa shape index (κ1) is 23.1. The van der Waals surface area contributed by atoms with E-state index in [0.29, 0.717) is 17.0 Å². The van der Waals surface area contributed by atoms with E-state index in [9.17, 15) is 24.1 Å². The van der Waals surface area contributed by atoms with Gasteiger partial charge in [-0.2, -0.15) is 5.10 Å². The summed E-state index contributed by atoms with van der Waals surface area (Å²) >= 11 is 0. The maximum atomic E-state index is 12.9. The van der Waals surface area contributed by atoms with Crippen molar-refractivity contribution in [3.05, 3.63) is 99.9 Å². The van der Waals surface area contributed by atoms with Crippen LogP contribution >= 0.6 is 0 Å². The lowest BCUT2D eigenvalue weighted by Crippen LogP contribution is -2.21. The van der Waals surface area contributed by atoms with E-state index >= 15 is 0 Å². The van der Waals surface area contributed by atoms with Crippen LogP contribution in [0.15, 0.2) is 77.9 Å². The van der Waals surface area contributed by atoms with E-state index in [-0.39, 0.29) is 24.3 Å². The van der Waals surface area contributed by atoms with Gasteiger partial charge in [0.25, 0.3) is 11.6 Å². The number of nitro groups is 1. The molecule has 0 bridgehead atoms. The highest BCUT2D eigenvalue weighted by Crippen LogP contribution is 2.18. The third kappa shape index (κ3) is 6.96. The van der Waals surface area contributed by atoms with Gasteiger partial charge in [-0.3, -0.25) is 19.7 Å². The van der Waals surface area contributed by atoms with Crippen molar-refractivity contribution in [3.8, 4) is 5.75 Å². The van der Waals surface area contributed by atoms with Crippen LogP contribution in [0.25, 0.3) is 0 Å². The SMILES string of the molecule is O=C(Cc1ccccc1[N+](=O)[O-])NN=Cc1ccccc1OCC(=O)Nc1ccc(F)cc1. The lowest BCUT2D eigenvalue weighted by molar-refractivity contribution is -0.385. The summed E-state index contributed by atoms with van der Waals surface area (Å²) in [4.78, 5) is 34.7. The molecule has 3 rings (SSSR count). The van der Waals surface area contributed by atoms with Gasteiger partial charge in [0.05, 0.1) is 17.6 Å². The van der Waals surface area contributed by atoms with Gasteiger partial charge in [-0.25, -0.2) is 9.82 Å². The van der Waals surface area contributed by atoms with Crippen molar-refractivity contribution in [1.29, 1.82) is 0 Å². The smallest absolute Gasteiger partial charge is 0.273 e. The fraction of sp³-hybridized carbons (Fsp3) is 0.0870. The third-order valence-electron chi connectivity index (χ3n) is 4.34. The lowest BCUT2D eigenvalue weighted by atomic mass is 10.1. The van der Waals surface area contributed by atoms with Gasteiger partial charge in [-0.1, -0.05) is 30.3 Å². The molecule has 0 atom stereocenters. The van der Waals surface area contributed by atoms with Crippen molar-refractivity contribution < 1.29 is 23.6 Å². The zero-order valence-electron chi connectivity index (χ0n) is 17.2. The minimum atomic E-state index is -0.550. The van der Waals surface area contributed by atoms with E-state index in [1.807, 2.05) is 0 Å². The third-order valence-corrected chi connectivity index (χ3v) is 4.34. The number of anilines is 1. The molecule has 2 N–H and O–H groups in total. The van der Waals surface area contributed by atoms with E-state index in [1.54, 1.807) is 30.3 Å². The highest BCUT2D eigenvalue weighted by molar-refractivity contribution is 5.92. The zero-order chi connectivity index (χ0) is 23.6. The number of halogens is 1. The predicted molar refractivity (Wildman–Crippen MR) is 120 cm³/mol. The average Bonchev–Trinajstić information content (AvgIpc) is 2.80. The Labute approximate surface area is 188 Å². The molecule has 10 heteroatoms. The van der Waals surface area contributed by atoms with E-state index in [2.05, 4.69) is 15.8 Å². The summed E-state index contributed by atoms with van der Waals surface area (Å²) < 4.78 is 18.5. The molecule has 9 nitrogen and oxygen atoms in total. The molecule has 0 aliphatic carbocycles. The van der Waals surface area contributed by atoms with Crippen LogP contribution in [0.2, 0.25) is 0 Å². The minimum absolute atomic E-state index is 0.144. The van der Waals surface area contributed by atoms with Crippen LogP contribution in [0.5, 0.6) is 5.75 Å². The van der Waals surface area contributed by atoms with Crippen molar-refractivity contribution in [3.63, 3.8) is 0 Å². The first-order valence-corrected chi connectivity index (χ1v) is 9.74. The summed E-state index contributed by atoms with van der Waals surface area (Å²) in [6.07, 6.45) is 1.13. The first-order valence-electron chi connectivity index (χ1n) is 9.74. The molecule has 0 radical (unpaired) electrons. The fourth-order valence-corrected chi connectivity index (χ4v) is 2.82. The van der Waals surface area contributed by atoms with Crippen molar-refractivity contribution >= 4 is 29.4 Å². The Morgan fingerprint density at radius 2 is 1.70 bits per heavy atom. The summed E-state index contributed by atoms with van der Waals surface area (Å²) in [7, 11) is 0. The number of ether oxygens (including phenoxy) is 1. The number of amides is 2. The van der Waals surface area contributed by atoms with Crippen LogP contribution in [0.4, 0.5) is 15.8 Å². The standard InChI is InChI=1S/C23H19FN4O5/c24-18-9-11-19(12-10-18)26-23(30)15-33-21-8-4-2-6-17(21)14-25-27-22(29)13-16-5-1-3-7-20(16)28(31)32/h1-12,14H,13,15H2,(H,26,30)(H,27,29). The van der Waals surface area contributed by atoms with Gasteiger partial charge in [-0.05, 0) is 36.4 Å². The Bertz CT molecular complexity index is 1180. The summed E-state index contributed by atoms with van der Waals surface area (Å²) in [5, 5.41) is 17.5. The second kappa shape index (κ2) is 11.1. The second-order valence-electron chi connectivity index (χ2n) is 6.74. The van der Waals surface area contributed by atoms with E-state index in [0.717, 1.165) is 0 Å².